The third-order valence-electron chi connectivity index (χ3n) is 3.13. The van der Waals surface area contributed by atoms with Gasteiger partial charge in [0.1, 0.15) is 12.6 Å². The van der Waals surface area contributed by atoms with Crippen LogP contribution < -0.4 is 11.2 Å². The number of aliphatic carboxylic acids is 1. The van der Waals surface area contributed by atoms with E-state index in [-0.39, 0.29) is 11.0 Å². The molecule has 20 heavy (non-hydrogen) atoms. The van der Waals surface area contributed by atoms with Gasteiger partial charge in [-0.1, -0.05) is 0 Å². The minimum atomic E-state index is -1.05. The van der Waals surface area contributed by atoms with Crippen molar-refractivity contribution in [3.8, 4) is 0 Å². The van der Waals surface area contributed by atoms with E-state index in [0.29, 0.717) is 19.4 Å². The predicted octanol–water partition coefficient (Wildman–Crippen LogP) is -0.625. The molecule has 1 atom stereocenters. The molecular weight excluding hydrogens is 334 g/mol. The molecule has 1 aromatic heterocycles. The number of carboxylic acid groups (broad SMARTS) is 1. The fourth-order valence-corrected chi connectivity index (χ4v) is 2.50. The van der Waals surface area contributed by atoms with Crippen LogP contribution in [0.2, 0.25) is 0 Å². The Morgan fingerprint density at radius 1 is 1.45 bits per heavy atom. The van der Waals surface area contributed by atoms with Gasteiger partial charge in [0.2, 0.25) is 5.91 Å². The van der Waals surface area contributed by atoms with E-state index in [1.54, 1.807) is 0 Å². The Hall–Kier alpha value is -1.90. The summed E-state index contributed by atoms with van der Waals surface area (Å²) in [6.45, 7) is 0.0487. The van der Waals surface area contributed by atoms with Crippen LogP contribution >= 0.6 is 15.9 Å². The molecule has 0 spiro atoms. The molecule has 9 heteroatoms. The van der Waals surface area contributed by atoms with Crippen LogP contribution in [0.25, 0.3) is 0 Å². The van der Waals surface area contributed by atoms with Crippen LogP contribution in [-0.2, 0) is 16.1 Å². The van der Waals surface area contributed by atoms with Crippen molar-refractivity contribution in [3.63, 3.8) is 0 Å². The van der Waals surface area contributed by atoms with Gasteiger partial charge in [-0.15, -0.1) is 0 Å². The summed E-state index contributed by atoms with van der Waals surface area (Å²) in [4.78, 5) is 49.1. The molecule has 1 saturated heterocycles. The van der Waals surface area contributed by atoms with Gasteiger partial charge in [0.25, 0.3) is 5.56 Å². The van der Waals surface area contributed by atoms with Gasteiger partial charge in [-0.05, 0) is 28.8 Å². The van der Waals surface area contributed by atoms with Gasteiger partial charge in [0.15, 0.2) is 0 Å². The minimum Gasteiger partial charge on any atom is -0.480 e. The van der Waals surface area contributed by atoms with Crippen molar-refractivity contribution in [1.29, 1.82) is 0 Å². The highest BCUT2D eigenvalue weighted by molar-refractivity contribution is 9.10. The number of carbonyl (C=O) groups is 2. The first-order chi connectivity index (χ1) is 9.40. The number of aromatic amines is 1. The first-order valence-corrected chi connectivity index (χ1v) is 6.71. The van der Waals surface area contributed by atoms with Gasteiger partial charge in [0.05, 0.1) is 4.47 Å². The molecule has 108 valence electrons. The maximum atomic E-state index is 12.1. The van der Waals surface area contributed by atoms with Crippen LogP contribution in [0.15, 0.2) is 20.3 Å². The topological polar surface area (TPSA) is 112 Å². The molecule has 1 unspecified atom stereocenters. The maximum absolute atomic E-state index is 12.1. The number of rotatable bonds is 3. The highest BCUT2D eigenvalue weighted by Crippen LogP contribution is 2.17. The van der Waals surface area contributed by atoms with Crippen LogP contribution in [-0.4, -0.2) is 44.0 Å². The van der Waals surface area contributed by atoms with E-state index in [0.717, 1.165) is 4.57 Å². The quantitative estimate of drug-likeness (QED) is 0.757. The Morgan fingerprint density at radius 2 is 2.15 bits per heavy atom. The summed E-state index contributed by atoms with van der Waals surface area (Å²) in [5.74, 6) is -1.51. The van der Waals surface area contributed by atoms with Crippen molar-refractivity contribution >= 4 is 27.8 Å². The number of halogens is 1. The Kier molecular flexibility index (Phi) is 4.07. The van der Waals surface area contributed by atoms with E-state index < -0.39 is 29.2 Å². The van der Waals surface area contributed by atoms with Crippen LogP contribution in [0.1, 0.15) is 12.8 Å². The number of hydrogen-bond acceptors (Lipinski definition) is 4. The second-order valence-electron chi connectivity index (χ2n) is 4.45. The van der Waals surface area contributed by atoms with Gasteiger partial charge in [-0.25, -0.2) is 9.59 Å². The van der Waals surface area contributed by atoms with Crippen molar-refractivity contribution in [2.75, 3.05) is 6.54 Å². The lowest BCUT2D eigenvalue weighted by atomic mass is 10.2. The molecule has 8 nitrogen and oxygen atoms in total. The highest BCUT2D eigenvalue weighted by Gasteiger charge is 2.33. The zero-order chi connectivity index (χ0) is 14.9. The summed E-state index contributed by atoms with van der Waals surface area (Å²) < 4.78 is 1.16. The number of carboxylic acids is 1. The molecule has 1 fully saturated rings. The summed E-state index contributed by atoms with van der Waals surface area (Å²) >= 11 is 2.97. The summed E-state index contributed by atoms with van der Waals surface area (Å²) in [6, 6.07) is -0.843. The zero-order valence-corrected chi connectivity index (χ0v) is 11.9. The van der Waals surface area contributed by atoms with Crippen molar-refractivity contribution in [2.45, 2.75) is 25.4 Å². The standard InChI is InChI=1S/C11H12BrN3O5/c12-6-4-14(11(20)13-9(6)17)5-8(16)15-3-1-2-7(15)10(18)19/h4,7H,1-3,5H2,(H,18,19)(H,13,17,20). The third kappa shape index (κ3) is 2.82. The second-order valence-corrected chi connectivity index (χ2v) is 5.30. The van der Waals surface area contributed by atoms with Gasteiger partial charge in [-0.3, -0.25) is 19.1 Å². The fraction of sp³-hybridized carbons (Fsp3) is 0.455. The second kappa shape index (κ2) is 5.61. The van der Waals surface area contributed by atoms with Gasteiger partial charge < -0.3 is 10.0 Å². The molecule has 2 N–H and O–H groups in total. The van der Waals surface area contributed by atoms with Gasteiger partial charge in [-0.2, -0.15) is 0 Å². The SMILES string of the molecule is O=C(O)C1CCCN1C(=O)Cn1cc(Br)c(=O)[nH]c1=O. The number of likely N-dealkylation sites (tertiary alicyclic amines) is 1. The molecule has 0 bridgehead atoms. The monoisotopic (exact) mass is 345 g/mol. The van der Waals surface area contributed by atoms with E-state index in [2.05, 4.69) is 20.9 Å². The molecule has 0 aromatic carbocycles. The number of carbonyl (C=O) groups excluding carboxylic acids is 1. The maximum Gasteiger partial charge on any atom is 0.328 e. The number of amides is 1. The highest BCUT2D eigenvalue weighted by atomic mass is 79.9. The van der Waals surface area contributed by atoms with Crippen LogP contribution in [0.4, 0.5) is 0 Å². The number of hydrogen-bond donors (Lipinski definition) is 2. The lowest BCUT2D eigenvalue weighted by molar-refractivity contribution is -0.148. The van der Waals surface area contributed by atoms with Crippen LogP contribution in [0.5, 0.6) is 0 Å². The lowest BCUT2D eigenvalue weighted by Crippen LogP contribution is -2.43. The normalized spacial score (nSPS) is 18.2. The summed E-state index contributed by atoms with van der Waals surface area (Å²) in [5, 5.41) is 9.02. The largest absolute Gasteiger partial charge is 0.480 e. The molecule has 2 rings (SSSR count). The molecular formula is C11H12BrN3O5. The van der Waals surface area contributed by atoms with E-state index >= 15 is 0 Å². The average molecular weight is 346 g/mol. The zero-order valence-electron chi connectivity index (χ0n) is 10.3. The molecule has 2 heterocycles. The average Bonchev–Trinajstić information content (AvgIpc) is 2.85. The molecule has 1 aromatic rings. The van der Waals surface area contributed by atoms with Crippen LogP contribution in [0.3, 0.4) is 0 Å². The Labute approximate surface area is 121 Å². The summed E-state index contributed by atoms with van der Waals surface area (Å²) in [6.07, 6.45) is 2.24. The first kappa shape index (κ1) is 14.5. The Morgan fingerprint density at radius 3 is 2.80 bits per heavy atom. The Bertz CT molecular complexity index is 665. The van der Waals surface area contributed by atoms with Gasteiger partial charge >= 0.3 is 11.7 Å². The number of H-pyrrole nitrogens is 1. The number of nitrogens with zero attached hydrogens (tertiary/aromatic N) is 2. The summed E-state index contributed by atoms with van der Waals surface area (Å²) in [7, 11) is 0. The predicted molar refractivity (Wildman–Crippen MR) is 71.4 cm³/mol. The molecule has 0 aliphatic carbocycles. The van der Waals surface area contributed by atoms with E-state index in [9.17, 15) is 19.2 Å². The molecule has 0 radical (unpaired) electrons. The molecule has 1 aliphatic rings. The Balaban J connectivity index is 2.20. The lowest BCUT2D eigenvalue weighted by Gasteiger charge is -2.21. The van der Waals surface area contributed by atoms with Crippen LogP contribution in [0, 0.1) is 0 Å². The fourth-order valence-electron chi connectivity index (χ4n) is 2.16. The molecule has 1 aliphatic heterocycles. The summed E-state index contributed by atoms with van der Waals surface area (Å²) in [5.41, 5.74) is -1.29. The number of nitrogens with one attached hydrogen (secondary N) is 1. The van der Waals surface area contributed by atoms with E-state index in [1.807, 2.05) is 0 Å². The molecule has 0 saturated carbocycles. The molecule has 1 amide bonds. The van der Waals surface area contributed by atoms with E-state index in [4.69, 9.17) is 5.11 Å². The number of aromatic nitrogens is 2. The smallest absolute Gasteiger partial charge is 0.328 e. The van der Waals surface area contributed by atoms with Crippen molar-refractivity contribution in [3.05, 3.63) is 31.5 Å². The first-order valence-electron chi connectivity index (χ1n) is 5.91. The van der Waals surface area contributed by atoms with Crippen molar-refractivity contribution < 1.29 is 14.7 Å². The minimum absolute atomic E-state index is 0.126. The van der Waals surface area contributed by atoms with Crippen molar-refractivity contribution in [1.82, 2.24) is 14.5 Å². The van der Waals surface area contributed by atoms with Gasteiger partial charge in [0, 0.05) is 12.7 Å². The third-order valence-corrected chi connectivity index (χ3v) is 3.70. The van der Waals surface area contributed by atoms with Crippen molar-refractivity contribution in [2.24, 2.45) is 0 Å². The van der Waals surface area contributed by atoms with E-state index in [1.165, 1.54) is 11.1 Å².